The summed E-state index contributed by atoms with van der Waals surface area (Å²) in [4.78, 5) is 28.9. The van der Waals surface area contributed by atoms with Crippen molar-refractivity contribution in [2.75, 3.05) is 45.6 Å². The number of hydrogen-bond donors (Lipinski definition) is 3. The molecular formula is C17H23ClFN5O2. The largest absolute Gasteiger partial charge is 0.340 e. The van der Waals surface area contributed by atoms with E-state index in [1.807, 2.05) is 14.1 Å². The number of piperidine rings is 2. The van der Waals surface area contributed by atoms with E-state index in [0.717, 1.165) is 19.2 Å². The SMILES string of the molecule is CN1CC2(N)CN(C)CC(NC(=O)C(=O)Nc3ccc(Cl)c(F)c3)(C1)C2. The van der Waals surface area contributed by atoms with Gasteiger partial charge in [-0.05, 0) is 38.7 Å². The standard InChI is InChI=1S/C17H23ClFN5O2/c1-23-7-16(20)6-17(9-23,10-24(2)8-16)22-15(26)14(25)21-11-3-4-12(18)13(19)5-11/h3-5H,6-10,20H2,1-2H3,(H,21,25)(H,22,26). The van der Waals surface area contributed by atoms with Gasteiger partial charge in [0, 0.05) is 37.4 Å². The van der Waals surface area contributed by atoms with Crippen LogP contribution in [0.5, 0.6) is 0 Å². The molecule has 4 N–H and O–H groups in total. The van der Waals surface area contributed by atoms with Crippen LogP contribution >= 0.6 is 11.6 Å². The fourth-order valence-electron chi connectivity index (χ4n) is 4.40. The highest BCUT2D eigenvalue weighted by Gasteiger charge is 2.50. The summed E-state index contributed by atoms with van der Waals surface area (Å²) in [6.45, 7) is 2.66. The lowest BCUT2D eigenvalue weighted by molar-refractivity contribution is -0.139. The van der Waals surface area contributed by atoms with Crippen LogP contribution in [0.3, 0.4) is 0 Å². The first kappa shape index (κ1) is 19.0. The lowest BCUT2D eigenvalue weighted by atomic mass is 9.74. The summed E-state index contributed by atoms with van der Waals surface area (Å²) in [5.74, 6) is -2.29. The molecule has 26 heavy (non-hydrogen) atoms. The van der Waals surface area contributed by atoms with Crippen molar-refractivity contribution in [2.45, 2.75) is 17.5 Å². The predicted molar refractivity (Wildman–Crippen MR) is 97.4 cm³/mol. The number of hydrogen-bond acceptors (Lipinski definition) is 5. The average molecular weight is 384 g/mol. The van der Waals surface area contributed by atoms with Crippen LogP contribution in [0.25, 0.3) is 0 Å². The van der Waals surface area contributed by atoms with Gasteiger partial charge in [0.1, 0.15) is 5.82 Å². The normalized spacial score (nSPS) is 29.3. The topological polar surface area (TPSA) is 90.7 Å². The molecule has 2 aliphatic rings. The Balaban J connectivity index is 1.71. The van der Waals surface area contributed by atoms with Gasteiger partial charge in [-0.3, -0.25) is 9.59 Å². The monoisotopic (exact) mass is 383 g/mol. The van der Waals surface area contributed by atoms with E-state index in [-0.39, 0.29) is 10.7 Å². The summed E-state index contributed by atoms with van der Waals surface area (Å²) in [6.07, 6.45) is 0.600. The third-order valence-corrected chi connectivity index (χ3v) is 5.07. The number of nitrogens with two attached hydrogens (primary N) is 1. The molecule has 2 heterocycles. The molecule has 2 bridgehead atoms. The number of nitrogens with zero attached hydrogens (tertiary/aromatic N) is 2. The molecule has 2 fully saturated rings. The Labute approximate surface area is 156 Å². The summed E-state index contributed by atoms with van der Waals surface area (Å²) in [5, 5.41) is 5.20. The first-order valence-corrected chi connectivity index (χ1v) is 8.72. The van der Waals surface area contributed by atoms with Crippen LogP contribution in [-0.2, 0) is 9.59 Å². The molecule has 0 saturated carbocycles. The number of benzene rings is 1. The molecule has 0 aromatic heterocycles. The molecule has 2 amide bonds. The van der Waals surface area contributed by atoms with E-state index < -0.39 is 28.7 Å². The molecule has 9 heteroatoms. The molecular weight excluding hydrogens is 361 g/mol. The van der Waals surface area contributed by atoms with Crippen molar-refractivity contribution in [1.82, 2.24) is 15.1 Å². The molecule has 2 saturated heterocycles. The number of amides is 2. The summed E-state index contributed by atoms with van der Waals surface area (Å²) >= 11 is 5.62. The van der Waals surface area contributed by atoms with Crippen molar-refractivity contribution < 1.29 is 14.0 Å². The van der Waals surface area contributed by atoms with Crippen LogP contribution in [0.4, 0.5) is 10.1 Å². The molecule has 0 aliphatic carbocycles. The van der Waals surface area contributed by atoms with Crippen molar-refractivity contribution >= 4 is 29.1 Å². The maximum Gasteiger partial charge on any atom is 0.313 e. The van der Waals surface area contributed by atoms with Crippen LogP contribution in [0, 0.1) is 5.82 Å². The molecule has 0 radical (unpaired) electrons. The Hall–Kier alpha value is -1.74. The average Bonchev–Trinajstić information content (AvgIpc) is 2.47. The fraction of sp³-hybridized carbons (Fsp3) is 0.529. The zero-order valence-electron chi connectivity index (χ0n) is 14.8. The van der Waals surface area contributed by atoms with E-state index in [2.05, 4.69) is 20.4 Å². The maximum atomic E-state index is 13.5. The third kappa shape index (κ3) is 3.98. The van der Waals surface area contributed by atoms with Gasteiger partial charge in [-0.1, -0.05) is 11.6 Å². The Bertz CT molecular complexity index is 730. The van der Waals surface area contributed by atoms with Crippen molar-refractivity contribution in [1.29, 1.82) is 0 Å². The second kappa shape index (κ2) is 6.77. The molecule has 0 unspecified atom stereocenters. The summed E-state index contributed by atoms with van der Waals surface area (Å²) in [6, 6.07) is 3.82. The second-order valence-electron chi connectivity index (χ2n) is 7.70. The molecule has 3 rings (SSSR count). The van der Waals surface area contributed by atoms with Gasteiger partial charge in [0.05, 0.1) is 10.6 Å². The minimum atomic E-state index is -0.856. The number of likely N-dealkylation sites (tertiary alicyclic amines) is 2. The smallest absolute Gasteiger partial charge is 0.313 e. The molecule has 142 valence electrons. The third-order valence-electron chi connectivity index (χ3n) is 4.77. The summed E-state index contributed by atoms with van der Waals surface area (Å²) in [5.41, 5.74) is 5.60. The van der Waals surface area contributed by atoms with Gasteiger partial charge >= 0.3 is 11.8 Å². The number of nitrogens with one attached hydrogen (secondary N) is 2. The van der Waals surface area contributed by atoms with Crippen LogP contribution in [0.1, 0.15) is 6.42 Å². The van der Waals surface area contributed by atoms with Crippen LogP contribution in [-0.4, -0.2) is 73.0 Å². The minimum absolute atomic E-state index is 0.0545. The Morgan fingerprint density at radius 2 is 1.77 bits per heavy atom. The van der Waals surface area contributed by atoms with Crippen LogP contribution in [0.2, 0.25) is 5.02 Å². The second-order valence-corrected chi connectivity index (χ2v) is 8.11. The first-order chi connectivity index (χ1) is 12.1. The Morgan fingerprint density at radius 1 is 1.15 bits per heavy atom. The van der Waals surface area contributed by atoms with Gasteiger partial charge in [0.15, 0.2) is 0 Å². The number of rotatable bonds is 2. The van der Waals surface area contributed by atoms with E-state index in [1.165, 1.54) is 12.1 Å². The van der Waals surface area contributed by atoms with E-state index in [1.54, 1.807) is 0 Å². The lowest BCUT2D eigenvalue weighted by Gasteiger charge is -2.56. The van der Waals surface area contributed by atoms with Gasteiger partial charge in [-0.2, -0.15) is 0 Å². The van der Waals surface area contributed by atoms with E-state index in [4.69, 9.17) is 17.3 Å². The summed E-state index contributed by atoms with van der Waals surface area (Å²) in [7, 11) is 3.90. The van der Waals surface area contributed by atoms with Gasteiger partial charge < -0.3 is 26.2 Å². The van der Waals surface area contributed by atoms with E-state index in [9.17, 15) is 14.0 Å². The zero-order chi connectivity index (χ0) is 19.1. The number of anilines is 1. The fourth-order valence-corrected chi connectivity index (χ4v) is 4.52. The number of carbonyl (C=O) groups excluding carboxylic acids is 2. The van der Waals surface area contributed by atoms with Crippen molar-refractivity contribution in [2.24, 2.45) is 5.73 Å². The zero-order valence-corrected chi connectivity index (χ0v) is 15.6. The van der Waals surface area contributed by atoms with Crippen molar-refractivity contribution in [3.8, 4) is 0 Å². The molecule has 1 aromatic carbocycles. The highest BCUT2D eigenvalue weighted by molar-refractivity contribution is 6.39. The maximum absolute atomic E-state index is 13.5. The molecule has 7 nitrogen and oxygen atoms in total. The lowest BCUT2D eigenvalue weighted by Crippen LogP contribution is -2.77. The number of halogens is 2. The van der Waals surface area contributed by atoms with Crippen LogP contribution in [0.15, 0.2) is 18.2 Å². The van der Waals surface area contributed by atoms with Crippen molar-refractivity contribution in [3.05, 3.63) is 29.0 Å². The van der Waals surface area contributed by atoms with Gasteiger partial charge in [-0.15, -0.1) is 0 Å². The van der Waals surface area contributed by atoms with Gasteiger partial charge in [0.2, 0.25) is 0 Å². The number of carbonyl (C=O) groups is 2. The predicted octanol–water partition coefficient (Wildman–Crippen LogP) is 0.251. The van der Waals surface area contributed by atoms with Crippen LogP contribution < -0.4 is 16.4 Å². The Morgan fingerprint density at radius 3 is 2.35 bits per heavy atom. The first-order valence-electron chi connectivity index (χ1n) is 8.34. The van der Waals surface area contributed by atoms with E-state index >= 15 is 0 Å². The highest BCUT2D eigenvalue weighted by Crippen LogP contribution is 2.32. The molecule has 0 spiro atoms. The van der Waals surface area contributed by atoms with Gasteiger partial charge in [0.25, 0.3) is 0 Å². The molecule has 1 aromatic rings. The molecule has 2 aliphatic heterocycles. The van der Waals surface area contributed by atoms with Gasteiger partial charge in [-0.25, -0.2) is 4.39 Å². The quantitative estimate of drug-likeness (QED) is 0.637. The number of fused-ring (bicyclic) bond motifs is 2. The number of likely N-dealkylation sites (N-methyl/N-ethyl adjacent to an activating group) is 2. The minimum Gasteiger partial charge on any atom is -0.340 e. The molecule has 0 atom stereocenters. The van der Waals surface area contributed by atoms with Crippen molar-refractivity contribution in [3.63, 3.8) is 0 Å². The Kier molecular flexibility index (Phi) is 4.96. The highest BCUT2D eigenvalue weighted by atomic mass is 35.5. The summed E-state index contributed by atoms with van der Waals surface area (Å²) < 4.78 is 13.5. The van der Waals surface area contributed by atoms with E-state index in [0.29, 0.717) is 19.5 Å².